The van der Waals surface area contributed by atoms with E-state index in [9.17, 15) is 14.3 Å². The number of carbonyl (C=O) groups excluding carboxylic acids is 1. The van der Waals surface area contributed by atoms with Gasteiger partial charge >= 0.3 is 5.97 Å². The van der Waals surface area contributed by atoms with Gasteiger partial charge in [-0.3, -0.25) is 9.36 Å². The van der Waals surface area contributed by atoms with Gasteiger partial charge in [-0.05, 0) is 38.5 Å². The lowest BCUT2D eigenvalue weighted by Crippen LogP contribution is -2.37. The zero-order valence-electron chi connectivity index (χ0n) is 36.4. The summed E-state index contributed by atoms with van der Waals surface area (Å²) in [4.78, 5) is 25.1. The van der Waals surface area contributed by atoms with Crippen molar-refractivity contribution in [1.29, 1.82) is 0 Å². The topological polar surface area (TPSA) is 94.1 Å². The molecule has 2 unspecified atom stereocenters. The van der Waals surface area contributed by atoms with Gasteiger partial charge in [0, 0.05) is 13.0 Å². The van der Waals surface area contributed by atoms with Crippen LogP contribution in [0.25, 0.3) is 0 Å². The van der Waals surface area contributed by atoms with E-state index in [2.05, 4.69) is 26.0 Å². The number of esters is 1. The largest absolute Gasteiger partial charge is 0.756 e. The lowest BCUT2D eigenvalue weighted by molar-refractivity contribution is -0.870. The molecule has 0 aliphatic carbocycles. The monoisotopic (exact) mass is 788 g/mol. The van der Waals surface area contributed by atoms with E-state index in [-0.39, 0.29) is 25.8 Å². The summed E-state index contributed by atoms with van der Waals surface area (Å²) >= 11 is 0. The van der Waals surface area contributed by atoms with E-state index < -0.39 is 13.9 Å². The van der Waals surface area contributed by atoms with Crippen LogP contribution in [0.3, 0.4) is 0 Å². The first kappa shape index (κ1) is 53.2. The Kier molecular flexibility index (Phi) is 38.5. The molecule has 322 valence electrons. The first-order valence-corrected chi connectivity index (χ1v) is 24.4. The summed E-state index contributed by atoms with van der Waals surface area (Å²) < 4.78 is 34.6. The average Bonchev–Trinajstić information content (AvgIpc) is 3.12. The first-order chi connectivity index (χ1) is 26.1. The molecule has 0 aliphatic rings. The van der Waals surface area contributed by atoms with Gasteiger partial charge in [-0.1, -0.05) is 180 Å². The Hall–Kier alpha value is -0.760. The van der Waals surface area contributed by atoms with Crippen LogP contribution in [0.1, 0.15) is 213 Å². The maximum absolute atomic E-state index is 12.7. The van der Waals surface area contributed by atoms with Gasteiger partial charge in [0.05, 0.1) is 34.4 Å². The highest BCUT2D eigenvalue weighted by atomic mass is 31.2. The van der Waals surface area contributed by atoms with Gasteiger partial charge in [0.15, 0.2) is 0 Å². The number of carbonyl (C=O) groups is 1. The summed E-state index contributed by atoms with van der Waals surface area (Å²) in [5.74, 6) is -0.335. The van der Waals surface area contributed by atoms with Crippen LogP contribution in [0.2, 0.25) is 0 Å². The minimum atomic E-state index is -4.52. The molecule has 2 atom stereocenters. The highest BCUT2D eigenvalue weighted by Crippen LogP contribution is 2.38. The molecule has 0 aromatic heterocycles. The van der Waals surface area contributed by atoms with E-state index in [1.165, 1.54) is 161 Å². The second-order valence-electron chi connectivity index (χ2n) is 16.8. The highest BCUT2D eigenvalue weighted by molar-refractivity contribution is 7.45. The van der Waals surface area contributed by atoms with Crippen molar-refractivity contribution in [2.75, 3.05) is 54.1 Å². The number of phosphoric acid groups is 1. The minimum absolute atomic E-state index is 0.0286. The smallest absolute Gasteiger partial charge is 0.306 e. The summed E-state index contributed by atoms with van der Waals surface area (Å²) in [5.41, 5.74) is 0. The number of likely N-dealkylation sites (N-methyl/N-ethyl adjacent to an activating group) is 1. The van der Waals surface area contributed by atoms with Gasteiger partial charge in [0.25, 0.3) is 7.82 Å². The van der Waals surface area contributed by atoms with Crippen molar-refractivity contribution in [2.45, 2.75) is 219 Å². The predicted octanol–water partition coefficient (Wildman–Crippen LogP) is 12.8. The minimum Gasteiger partial charge on any atom is -0.756 e. The summed E-state index contributed by atoms with van der Waals surface area (Å²) in [7, 11) is 1.37. The number of phosphoric ester groups is 1. The molecule has 0 saturated heterocycles. The molecule has 0 radical (unpaired) electrons. The molecule has 0 aliphatic heterocycles. The van der Waals surface area contributed by atoms with Crippen LogP contribution in [0.4, 0.5) is 0 Å². The van der Waals surface area contributed by atoms with Gasteiger partial charge in [0.2, 0.25) is 0 Å². The summed E-state index contributed by atoms with van der Waals surface area (Å²) in [6.45, 7) is 5.45. The fraction of sp³-hybridized carbons (Fsp3) is 0.933. The van der Waals surface area contributed by atoms with E-state index in [0.29, 0.717) is 24.1 Å². The molecular formula is C45H90NO7P. The molecule has 9 heteroatoms. The third-order valence-corrected chi connectivity index (χ3v) is 11.0. The summed E-state index contributed by atoms with van der Waals surface area (Å²) in [6, 6.07) is 0. The zero-order valence-corrected chi connectivity index (χ0v) is 37.3. The van der Waals surface area contributed by atoms with E-state index in [0.717, 1.165) is 32.1 Å². The third-order valence-electron chi connectivity index (χ3n) is 10.1. The van der Waals surface area contributed by atoms with E-state index in [1.807, 2.05) is 21.1 Å². The number of hydrogen-bond acceptors (Lipinski definition) is 7. The molecule has 0 aromatic carbocycles. The van der Waals surface area contributed by atoms with Crippen LogP contribution >= 0.6 is 7.82 Å². The Morgan fingerprint density at radius 3 is 1.41 bits per heavy atom. The standard InChI is InChI=1S/C45H90NO7P/c1-6-8-10-12-14-16-18-20-22-23-24-26-28-30-32-34-36-38-45(47)53-44(43-52-54(48,49)51-41-39-46(3,4)5)42-50-40-37-35-33-31-29-27-25-21-19-17-15-13-11-9-7-2/h20,22,44H,6-19,21,23-43H2,1-5H3/b22-20-. The molecule has 0 heterocycles. The highest BCUT2D eigenvalue weighted by Gasteiger charge is 2.20. The van der Waals surface area contributed by atoms with E-state index >= 15 is 0 Å². The Balaban J connectivity index is 4.19. The van der Waals surface area contributed by atoms with Gasteiger partial charge in [-0.15, -0.1) is 0 Å². The van der Waals surface area contributed by atoms with Crippen LogP contribution in [-0.2, 0) is 27.9 Å². The molecule has 54 heavy (non-hydrogen) atoms. The third kappa shape index (κ3) is 42.4. The first-order valence-electron chi connectivity index (χ1n) is 22.9. The number of allylic oxidation sites excluding steroid dienone is 2. The van der Waals surface area contributed by atoms with Crippen molar-refractivity contribution in [3.05, 3.63) is 12.2 Å². The average molecular weight is 788 g/mol. The molecule has 8 nitrogen and oxygen atoms in total. The molecule has 0 bridgehead atoms. The Morgan fingerprint density at radius 1 is 0.556 bits per heavy atom. The van der Waals surface area contributed by atoms with Crippen LogP contribution < -0.4 is 4.89 Å². The molecule has 0 N–H and O–H groups in total. The number of ether oxygens (including phenoxy) is 2. The normalized spacial score (nSPS) is 13.8. The molecular weight excluding hydrogens is 697 g/mol. The fourth-order valence-corrected chi connectivity index (χ4v) is 7.21. The summed E-state index contributed by atoms with van der Waals surface area (Å²) in [6.07, 6.45) is 42.1. The SMILES string of the molecule is CCCCCCCC/C=C\CCCCCCCCCC(=O)OC(COCCCCCCCCCCCCCCCCC)COP(=O)([O-])OCC[N+](C)(C)C. The number of nitrogens with zero attached hydrogens (tertiary/aromatic N) is 1. The Labute approximate surface area is 335 Å². The van der Waals surface area contributed by atoms with Gasteiger partial charge in [-0.2, -0.15) is 0 Å². The van der Waals surface area contributed by atoms with Crippen molar-refractivity contribution >= 4 is 13.8 Å². The number of hydrogen-bond donors (Lipinski definition) is 0. The van der Waals surface area contributed by atoms with Gasteiger partial charge in [-0.25, -0.2) is 0 Å². The van der Waals surface area contributed by atoms with Crippen molar-refractivity contribution in [1.82, 2.24) is 0 Å². The molecule has 0 amide bonds. The Bertz CT molecular complexity index is 879. The zero-order chi connectivity index (χ0) is 39.9. The molecule has 0 rings (SSSR count). The van der Waals surface area contributed by atoms with Crippen LogP contribution in [0, 0.1) is 0 Å². The lowest BCUT2D eigenvalue weighted by Gasteiger charge is -2.28. The van der Waals surface area contributed by atoms with Crippen molar-refractivity contribution in [3.63, 3.8) is 0 Å². The molecule has 0 fully saturated rings. The quantitative estimate of drug-likeness (QED) is 0.0200. The maximum atomic E-state index is 12.7. The van der Waals surface area contributed by atoms with Crippen LogP contribution in [-0.4, -0.2) is 70.7 Å². The molecule has 0 saturated carbocycles. The Morgan fingerprint density at radius 2 is 0.963 bits per heavy atom. The number of rotatable bonds is 43. The number of quaternary nitrogens is 1. The van der Waals surface area contributed by atoms with Gasteiger partial charge in [0.1, 0.15) is 19.3 Å². The lowest BCUT2D eigenvalue weighted by atomic mass is 10.0. The van der Waals surface area contributed by atoms with Crippen molar-refractivity contribution in [3.8, 4) is 0 Å². The van der Waals surface area contributed by atoms with Crippen molar-refractivity contribution in [2.24, 2.45) is 0 Å². The maximum Gasteiger partial charge on any atom is 0.306 e. The van der Waals surface area contributed by atoms with Crippen molar-refractivity contribution < 1.29 is 37.3 Å². The van der Waals surface area contributed by atoms with Crippen LogP contribution in [0.15, 0.2) is 12.2 Å². The fourth-order valence-electron chi connectivity index (χ4n) is 6.48. The predicted molar refractivity (Wildman–Crippen MR) is 227 cm³/mol. The van der Waals surface area contributed by atoms with E-state index in [4.69, 9.17) is 18.5 Å². The second kappa shape index (κ2) is 39.1. The molecule has 0 spiro atoms. The van der Waals surface area contributed by atoms with Crippen LogP contribution in [0.5, 0.6) is 0 Å². The summed E-state index contributed by atoms with van der Waals surface area (Å²) in [5, 5.41) is 0. The number of unbranched alkanes of at least 4 members (excludes halogenated alkanes) is 27. The van der Waals surface area contributed by atoms with E-state index in [1.54, 1.807) is 0 Å². The second-order valence-corrected chi connectivity index (χ2v) is 18.2. The van der Waals surface area contributed by atoms with Gasteiger partial charge < -0.3 is 27.9 Å². The molecule has 0 aromatic rings.